The van der Waals surface area contributed by atoms with E-state index in [1.165, 1.54) is 0 Å². The van der Waals surface area contributed by atoms with Crippen LogP contribution in [0.5, 0.6) is 17.2 Å². The molecule has 0 aliphatic rings. The molecule has 3 aromatic carbocycles. The lowest BCUT2D eigenvalue weighted by molar-refractivity contribution is -0.118. The van der Waals surface area contributed by atoms with Crippen LogP contribution in [-0.4, -0.2) is 12.5 Å². The van der Waals surface area contributed by atoms with Gasteiger partial charge in [0.15, 0.2) is 6.61 Å². The molecule has 0 atom stereocenters. The van der Waals surface area contributed by atoms with E-state index in [0.29, 0.717) is 28.5 Å². The van der Waals surface area contributed by atoms with Gasteiger partial charge in [0, 0.05) is 11.8 Å². The number of benzene rings is 3. The third kappa shape index (κ3) is 4.62. The van der Waals surface area contributed by atoms with Gasteiger partial charge in [-0.05, 0) is 36.4 Å². The molecule has 128 valence electrons. The highest BCUT2D eigenvalue weighted by atomic mass is 16.5. The maximum absolute atomic E-state index is 12.1. The zero-order valence-corrected chi connectivity index (χ0v) is 13.9. The number of carbonyl (C=O) groups is 1. The fourth-order valence-electron chi connectivity index (χ4n) is 2.29. The van der Waals surface area contributed by atoms with Gasteiger partial charge in [-0.2, -0.15) is 5.26 Å². The first-order valence-electron chi connectivity index (χ1n) is 7.99. The molecule has 0 fully saturated rings. The molecule has 0 bridgehead atoms. The molecular formula is C21H16N2O3. The molecule has 3 rings (SSSR count). The summed E-state index contributed by atoms with van der Waals surface area (Å²) in [5, 5.41) is 11.8. The van der Waals surface area contributed by atoms with Gasteiger partial charge in [0.1, 0.15) is 23.3 Å². The predicted octanol–water partition coefficient (Wildman–Crippen LogP) is 4.37. The fourth-order valence-corrected chi connectivity index (χ4v) is 2.29. The maximum Gasteiger partial charge on any atom is 0.262 e. The standard InChI is InChI=1S/C21H16N2O3/c22-14-16-7-4-5-12-20(16)25-15-21(24)23-17-8-6-11-19(13-17)26-18-9-2-1-3-10-18/h1-13H,15H2,(H,23,24). The van der Waals surface area contributed by atoms with Gasteiger partial charge in [0.05, 0.1) is 5.56 Å². The molecule has 0 spiro atoms. The SMILES string of the molecule is N#Cc1ccccc1OCC(=O)Nc1cccc(Oc2ccccc2)c1. The molecule has 0 heterocycles. The minimum Gasteiger partial charge on any atom is -0.482 e. The summed E-state index contributed by atoms with van der Waals surface area (Å²) in [7, 11) is 0. The Morgan fingerprint density at radius 2 is 1.65 bits per heavy atom. The monoisotopic (exact) mass is 344 g/mol. The van der Waals surface area contributed by atoms with Crippen molar-refractivity contribution in [2.75, 3.05) is 11.9 Å². The smallest absolute Gasteiger partial charge is 0.262 e. The van der Waals surface area contributed by atoms with Crippen molar-refractivity contribution in [2.45, 2.75) is 0 Å². The van der Waals surface area contributed by atoms with Crippen molar-refractivity contribution in [3.05, 3.63) is 84.4 Å². The fraction of sp³-hybridized carbons (Fsp3) is 0.0476. The zero-order valence-electron chi connectivity index (χ0n) is 13.9. The molecule has 0 saturated carbocycles. The van der Waals surface area contributed by atoms with E-state index in [0.717, 1.165) is 0 Å². The summed E-state index contributed by atoms with van der Waals surface area (Å²) in [6.07, 6.45) is 0. The third-order valence-electron chi connectivity index (χ3n) is 3.46. The molecule has 0 saturated heterocycles. The van der Waals surface area contributed by atoms with E-state index in [2.05, 4.69) is 5.32 Å². The largest absolute Gasteiger partial charge is 0.482 e. The molecule has 0 aliphatic heterocycles. The second kappa shape index (κ2) is 8.36. The Labute approximate surface area is 151 Å². The van der Waals surface area contributed by atoms with Gasteiger partial charge >= 0.3 is 0 Å². The van der Waals surface area contributed by atoms with Crippen LogP contribution in [0.2, 0.25) is 0 Å². The molecule has 0 unspecified atom stereocenters. The van der Waals surface area contributed by atoms with Gasteiger partial charge in [-0.25, -0.2) is 0 Å². The summed E-state index contributed by atoms with van der Waals surface area (Å²) in [6.45, 7) is -0.192. The molecule has 0 radical (unpaired) electrons. The van der Waals surface area contributed by atoms with Crippen LogP contribution in [0.1, 0.15) is 5.56 Å². The lowest BCUT2D eigenvalue weighted by Crippen LogP contribution is -2.20. The number of amides is 1. The van der Waals surface area contributed by atoms with Crippen molar-refractivity contribution in [1.82, 2.24) is 0 Å². The number of nitriles is 1. The van der Waals surface area contributed by atoms with Crippen LogP contribution in [0.3, 0.4) is 0 Å². The van der Waals surface area contributed by atoms with Crippen molar-refractivity contribution < 1.29 is 14.3 Å². The predicted molar refractivity (Wildman–Crippen MR) is 98.2 cm³/mol. The first-order chi connectivity index (χ1) is 12.7. The minimum absolute atomic E-state index is 0.192. The van der Waals surface area contributed by atoms with Crippen LogP contribution in [-0.2, 0) is 4.79 Å². The second-order valence-corrected chi connectivity index (χ2v) is 5.39. The Bertz CT molecular complexity index is 933. The van der Waals surface area contributed by atoms with E-state index < -0.39 is 0 Å². The summed E-state index contributed by atoms with van der Waals surface area (Å²) >= 11 is 0. The summed E-state index contributed by atoms with van der Waals surface area (Å²) in [5.41, 5.74) is 0.985. The maximum atomic E-state index is 12.1. The van der Waals surface area contributed by atoms with Crippen molar-refractivity contribution in [3.63, 3.8) is 0 Å². The molecular weight excluding hydrogens is 328 g/mol. The number of carbonyl (C=O) groups excluding carboxylic acids is 1. The minimum atomic E-state index is -0.324. The zero-order chi connectivity index (χ0) is 18.2. The number of nitrogens with one attached hydrogen (secondary N) is 1. The van der Waals surface area contributed by atoms with Gasteiger partial charge in [-0.15, -0.1) is 0 Å². The highest BCUT2D eigenvalue weighted by Crippen LogP contribution is 2.24. The van der Waals surface area contributed by atoms with Crippen LogP contribution >= 0.6 is 0 Å². The lowest BCUT2D eigenvalue weighted by Gasteiger charge is -2.10. The number of nitrogens with zero attached hydrogens (tertiary/aromatic N) is 1. The number of ether oxygens (including phenoxy) is 2. The highest BCUT2D eigenvalue weighted by molar-refractivity contribution is 5.92. The number of hydrogen-bond acceptors (Lipinski definition) is 4. The summed E-state index contributed by atoms with van der Waals surface area (Å²) in [6, 6.07) is 25.3. The van der Waals surface area contributed by atoms with E-state index >= 15 is 0 Å². The molecule has 3 aromatic rings. The van der Waals surface area contributed by atoms with Gasteiger partial charge in [0.2, 0.25) is 0 Å². The van der Waals surface area contributed by atoms with E-state index in [4.69, 9.17) is 14.7 Å². The lowest BCUT2D eigenvalue weighted by atomic mass is 10.2. The molecule has 0 aromatic heterocycles. The van der Waals surface area contributed by atoms with Gasteiger partial charge in [-0.3, -0.25) is 4.79 Å². The molecule has 1 N–H and O–H groups in total. The number of para-hydroxylation sites is 2. The van der Waals surface area contributed by atoms with Gasteiger partial charge in [-0.1, -0.05) is 36.4 Å². The van der Waals surface area contributed by atoms with Crippen LogP contribution in [0, 0.1) is 11.3 Å². The van der Waals surface area contributed by atoms with Crippen LogP contribution in [0.4, 0.5) is 5.69 Å². The number of hydrogen-bond donors (Lipinski definition) is 1. The highest BCUT2D eigenvalue weighted by Gasteiger charge is 2.07. The van der Waals surface area contributed by atoms with Crippen molar-refractivity contribution in [3.8, 4) is 23.3 Å². The van der Waals surface area contributed by atoms with Crippen LogP contribution in [0.25, 0.3) is 0 Å². The molecule has 5 heteroatoms. The third-order valence-corrected chi connectivity index (χ3v) is 3.46. The Morgan fingerprint density at radius 3 is 2.46 bits per heavy atom. The van der Waals surface area contributed by atoms with Crippen molar-refractivity contribution in [1.29, 1.82) is 5.26 Å². The quantitative estimate of drug-likeness (QED) is 0.721. The number of rotatable bonds is 6. The number of anilines is 1. The van der Waals surface area contributed by atoms with E-state index in [-0.39, 0.29) is 12.5 Å². The summed E-state index contributed by atoms with van der Waals surface area (Å²) in [4.78, 5) is 12.1. The van der Waals surface area contributed by atoms with E-state index in [1.54, 1.807) is 42.5 Å². The molecule has 5 nitrogen and oxygen atoms in total. The van der Waals surface area contributed by atoms with E-state index in [9.17, 15) is 4.79 Å². The van der Waals surface area contributed by atoms with Crippen LogP contribution in [0.15, 0.2) is 78.9 Å². The first kappa shape index (κ1) is 17.1. The normalized spacial score (nSPS) is 9.81. The Kier molecular flexibility index (Phi) is 5.48. The Morgan fingerprint density at radius 1 is 0.923 bits per heavy atom. The summed E-state index contributed by atoms with van der Waals surface area (Å²) in [5.74, 6) is 1.39. The first-order valence-corrected chi connectivity index (χ1v) is 7.99. The molecule has 1 amide bonds. The van der Waals surface area contributed by atoms with Crippen molar-refractivity contribution in [2.24, 2.45) is 0 Å². The van der Waals surface area contributed by atoms with E-state index in [1.807, 2.05) is 42.5 Å². The second-order valence-electron chi connectivity index (χ2n) is 5.39. The molecule has 0 aliphatic carbocycles. The van der Waals surface area contributed by atoms with Crippen molar-refractivity contribution >= 4 is 11.6 Å². The van der Waals surface area contributed by atoms with Gasteiger partial charge < -0.3 is 14.8 Å². The Hall–Kier alpha value is -3.78. The Balaban J connectivity index is 1.59. The average Bonchev–Trinajstić information content (AvgIpc) is 2.67. The van der Waals surface area contributed by atoms with Gasteiger partial charge in [0.25, 0.3) is 5.91 Å². The van der Waals surface area contributed by atoms with Crippen LogP contribution < -0.4 is 14.8 Å². The summed E-state index contributed by atoms with van der Waals surface area (Å²) < 4.78 is 11.2. The molecule has 26 heavy (non-hydrogen) atoms. The average molecular weight is 344 g/mol. The topological polar surface area (TPSA) is 71.3 Å².